The van der Waals surface area contributed by atoms with Gasteiger partial charge in [0.05, 0.1) is 23.8 Å². The van der Waals surface area contributed by atoms with Gasteiger partial charge in [-0.25, -0.2) is 0 Å². The van der Waals surface area contributed by atoms with Crippen molar-refractivity contribution in [2.75, 3.05) is 6.54 Å². The van der Waals surface area contributed by atoms with Crippen molar-refractivity contribution in [3.63, 3.8) is 0 Å². The van der Waals surface area contributed by atoms with Crippen molar-refractivity contribution in [3.05, 3.63) is 40.6 Å². The van der Waals surface area contributed by atoms with Crippen LogP contribution in [0.4, 0.5) is 0 Å². The second-order valence-corrected chi connectivity index (χ2v) is 4.71. The average Bonchev–Trinajstić information content (AvgIpc) is 2.88. The van der Waals surface area contributed by atoms with Crippen LogP contribution < -0.4 is 5.32 Å². The van der Waals surface area contributed by atoms with E-state index in [0.29, 0.717) is 11.6 Å². The molecule has 0 unspecified atom stereocenters. The lowest BCUT2D eigenvalue weighted by Crippen LogP contribution is -2.13. The molecule has 1 N–H and O–H groups in total. The van der Waals surface area contributed by atoms with Gasteiger partial charge < -0.3 is 9.73 Å². The summed E-state index contributed by atoms with van der Waals surface area (Å²) in [6.07, 6.45) is 2.94. The molecule has 0 amide bonds. The maximum absolute atomic E-state index is 5.96. The molecule has 2 aromatic heterocycles. The fourth-order valence-corrected chi connectivity index (χ4v) is 1.88. The van der Waals surface area contributed by atoms with Crippen LogP contribution in [0.3, 0.4) is 0 Å². The molecule has 98 valence electrons. The Kier molecular flexibility index (Phi) is 4.44. The van der Waals surface area contributed by atoms with E-state index in [0.717, 1.165) is 36.7 Å². The highest BCUT2D eigenvalue weighted by atomic mass is 35.5. The largest absolute Gasteiger partial charge is 0.463 e. The molecule has 2 aromatic rings. The molecular formula is C13H18ClN3O. The molecule has 0 radical (unpaired) electrons. The van der Waals surface area contributed by atoms with Gasteiger partial charge in [-0.05, 0) is 32.0 Å². The first kappa shape index (κ1) is 13.2. The molecule has 0 spiro atoms. The van der Waals surface area contributed by atoms with E-state index in [2.05, 4.69) is 17.3 Å². The molecule has 0 aliphatic rings. The molecule has 18 heavy (non-hydrogen) atoms. The molecule has 5 heteroatoms. The summed E-state index contributed by atoms with van der Waals surface area (Å²) in [5.74, 6) is 1.84. The highest BCUT2D eigenvalue weighted by Gasteiger charge is 2.06. The molecule has 0 aliphatic heterocycles. The number of nitrogens with zero attached hydrogens (tertiary/aromatic N) is 2. The Hall–Kier alpha value is -1.26. The van der Waals surface area contributed by atoms with Crippen molar-refractivity contribution in [1.82, 2.24) is 15.1 Å². The van der Waals surface area contributed by atoms with Gasteiger partial charge in [0.15, 0.2) is 0 Å². The fraction of sp³-hybridized carbons (Fsp3) is 0.462. The molecule has 2 heterocycles. The van der Waals surface area contributed by atoms with Crippen LogP contribution in [0.5, 0.6) is 0 Å². The highest BCUT2D eigenvalue weighted by molar-refractivity contribution is 6.31. The van der Waals surface area contributed by atoms with Gasteiger partial charge in [0.2, 0.25) is 0 Å². The Morgan fingerprint density at radius 1 is 1.39 bits per heavy atom. The lowest BCUT2D eigenvalue weighted by atomic mass is 10.4. The van der Waals surface area contributed by atoms with Gasteiger partial charge in [0, 0.05) is 6.20 Å². The first-order valence-corrected chi connectivity index (χ1v) is 6.54. The molecule has 0 atom stereocenters. The van der Waals surface area contributed by atoms with Crippen LogP contribution in [0, 0.1) is 6.92 Å². The molecule has 0 saturated carbocycles. The number of furan rings is 1. The van der Waals surface area contributed by atoms with Crippen molar-refractivity contribution in [1.29, 1.82) is 0 Å². The third kappa shape index (κ3) is 3.37. The topological polar surface area (TPSA) is 43.0 Å². The van der Waals surface area contributed by atoms with E-state index in [-0.39, 0.29) is 0 Å². The minimum Gasteiger partial charge on any atom is -0.463 e. The summed E-state index contributed by atoms with van der Waals surface area (Å²) in [6, 6.07) is 3.98. The smallest absolute Gasteiger partial charge is 0.125 e. The Morgan fingerprint density at radius 3 is 2.83 bits per heavy atom. The SMILES string of the molecule is CCCNCc1ccc(Cn2cc(Cl)c(C)n2)o1. The third-order valence-electron chi connectivity index (χ3n) is 2.65. The van der Waals surface area contributed by atoms with Crippen LogP contribution in [-0.4, -0.2) is 16.3 Å². The molecule has 0 aromatic carbocycles. The average molecular weight is 268 g/mol. The van der Waals surface area contributed by atoms with Gasteiger partial charge in [-0.15, -0.1) is 0 Å². The molecule has 4 nitrogen and oxygen atoms in total. The Labute approximate surface area is 112 Å². The van der Waals surface area contributed by atoms with Crippen LogP contribution in [-0.2, 0) is 13.1 Å². The van der Waals surface area contributed by atoms with E-state index in [9.17, 15) is 0 Å². The van der Waals surface area contributed by atoms with E-state index >= 15 is 0 Å². The number of hydrogen-bond donors (Lipinski definition) is 1. The van der Waals surface area contributed by atoms with E-state index in [1.165, 1.54) is 0 Å². The van der Waals surface area contributed by atoms with Crippen molar-refractivity contribution in [3.8, 4) is 0 Å². The third-order valence-corrected chi connectivity index (χ3v) is 3.02. The van der Waals surface area contributed by atoms with Crippen LogP contribution in [0.2, 0.25) is 5.02 Å². The lowest BCUT2D eigenvalue weighted by Gasteiger charge is -2.00. The van der Waals surface area contributed by atoms with Gasteiger partial charge >= 0.3 is 0 Å². The normalized spacial score (nSPS) is 11.1. The minimum absolute atomic E-state index is 0.612. The molecular weight excluding hydrogens is 250 g/mol. The van der Waals surface area contributed by atoms with Gasteiger partial charge in [-0.3, -0.25) is 4.68 Å². The number of rotatable bonds is 6. The standard InChI is InChI=1S/C13H18ClN3O/c1-3-6-15-7-11-4-5-12(18-11)8-17-9-13(14)10(2)16-17/h4-5,9,15H,3,6-8H2,1-2H3. The second kappa shape index (κ2) is 6.07. The first-order valence-electron chi connectivity index (χ1n) is 6.17. The number of aromatic nitrogens is 2. The predicted octanol–water partition coefficient (Wildman–Crippen LogP) is 2.99. The van der Waals surface area contributed by atoms with Crippen LogP contribution in [0.1, 0.15) is 30.6 Å². The van der Waals surface area contributed by atoms with Gasteiger partial charge in [-0.1, -0.05) is 18.5 Å². The molecule has 0 aliphatic carbocycles. The van der Waals surface area contributed by atoms with Gasteiger partial charge in [0.1, 0.15) is 11.5 Å². The van der Waals surface area contributed by atoms with Crippen LogP contribution in [0.25, 0.3) is 0 Å². The summed E-state index contributed by atoms with van der Waals surface area (Å²) >= 11 is 5.96. The van der Waals surface area contributed by atoms with E-state index in [4.69, 9.17) is 16.0 Å². The zero-order chi connectivity index (χ0) is 13.0. The molecule has 0 saturated heterocycles. The molecule has 2 rings (SSSR count). The van der Waals surface area contributed by atoms with Gasteiger partial charge in [-0.2, -0.15) is 5.10 Å². The number of halogens is 1. The Bertz CT molecular complexity index is 485. The van der Waals surface area contributed by atoms with Crippen molar-refractivity contribution in [2.24, 2.45) is 0 Å². The number of hydrogen-bond acceptors (Lipinski definition) is 3. The Balaban J connectivity index is 1.93. The minimum atomic E-state index is 0.612. The fourth-order valence-electron chi connectivity index (χ4n) is 1.72. The Morgan fingerprint density at radius 2 is 2.17 bits per heavy atom. The number of nitrogens with one attached hydrogen (secondary N) is 1. The highest BCUT2D eigenvalue weighted by Crippen LogP contribution is 2.14. The van der Waals surface area contributed by atoms with Crippen molar-refractivity contribution >= 4 is 11.6 Å². The first-order chi connectivity index (χ1) is 8.69. The maximum atomic E-state index is 5.96. The zero-order valence-corrected chi connectivity index (χ0v) is 11.5. The predicted molar refractivity (Wildman–Crippen MR) is 71.8 cm³/mol. The van der Waals surface area contributed by atoms with E-state index in [1.807, 2.05) is 25.3 Å². The van der Waals surface area contributed by atoms with E-state index in [1.54, 1.807) is 4.68 Å². The van der Waals surface area contributed by atoms with E-state index < -0.39 is 0 Å². The summed E-state index contributed by atoms with van der Waals surface area (Å²) < 4.78 is 7.51. The van der Waals surface area contributed by atoms with Gasteiger partial charge in [0.25, 0.3) is 0 Å². The quantitative estimate of drug-likeness (QED) is 0.819. The van der Waals surface area contributed by atoms with Crippen LogP contribution in [0.15, 0.2) is 22.7 Å². The molecule has 0 fully saturated rings. The summed E-state index contributed by atoms with van der Waals surface area (Å²) in [5.41, 5.74) is 0.841. The monoisotopic (exact) mass is 267 g/mol. The molecule has 0 bridgehead atoms. The van der Waals surface area contributed by atoms with Crippen molar-refractivity contribution < 1.29 is 4.42 Å². The van der Waals surface area contributed by atoms with Crippen LogP contribution >= 0.6 is 11.6 Å². The summed E-state index contributed by atoms with van der Waals surface area (Å²) in [7, 11) is 0. The maximum Gasteiger partial charge on any atom is 0.125 e. The summed E-state index contributed by atoms with van der Waals surface area (Å²) in [4.78, 5) is 0. The zero-order valence-electron chi connectivity index (χ0n) is 10.7. The lowest BCUT2D eigenvalue weighted by molar-refractivity contribution is 0.430. The summed E-state index contributed by atoms with van der Waals surface area (Å²) in [5, 5.41) is 8.29. The number of aryl methyl sites for hydroxylation is 1. The second-order valence-electron chi connectivity index (χ2n) is 4.30. The van der Waals surface area contributed by atoms with Crippen molar-refractivity contribution in [2.45, 2.75) is 33.4 Å². The summed E-state index contributed by atoms with van der Waals surface area (Å²) in [6.45, 7) is 6.42.